The topological polar surface area (TPSA) is 0 Å². The fourth-order valence-corrected chi connectivity index (χ4v) is 3.13. The molecule has 0 spiro atoms. The van der Waals surface area contributed by atoms with Crippen LogP contribution in [0.5, 0.6) is 0 Å². The smallest absolute Gasteiger partial charge is 0.0129 e. The Morgan fingerprint density at radius 2 is 1.75 bits per heavy atom. The average Bonchev–Trinajstić information content (AvgIpc) is 2.18. The van der Waals surface area contributed by atoms with Crippen molar-refractivity contribution in [2.45, 2.75) is 63.5 Å². The predicted molar refractivity (Wildman–Crippen MR) is 58.9 cm³/mol. The number of hydrogen-bond donors (Lipinski definition) is 0. The molecular weight excluding hydrogens is 164 g/mol. The zero-order valence-electron chi connectivity index (χ0n) is 8.57. The quantitative estimate of drug-likeness (QED) is 0.590. The van der Waals surface area contributed by atoms with Crippen molar-refractivity contribution in [3.63, 3.8) is 0 Å². The largest absolute Gasteiger partial charge is 0.155 e. The third-order valence-corrected chi connectivity index (χ3v) is 4.73. The van der Waals surface area contributed by atoms with Gasteiger partial charge in [0, 0.05) is 4.75 Å². The molecule has 0 radical (unpaired) electrons. The Kier molecular flexibility index (Phi) is 4.49. The summed E-state index contributed by atoms with van der Waals surface area (Å²) in [4.78, 5) is 0. The van der Waals surface area contributed by atoms with Crippen molar-refractivity contribution < 1.29 is 0 Å². The Bertz CT molecular complexity index is 110. The summed E-state index contributed by atoms with van der Waals surface area (Å²) in [6.07, 6.45) is 10.1. The van der Waals surface area contributed by atoms with E-state index in [0.717, 1.165) is 0 Å². The maximum atomic E-state index is 2.45. The fourth-order valence-electron chi connectivity index (χ4n) is 1.80. The summed E-state index contributed by atoms with van der Waals surface area (Å²) in [5.41, 5.74) is 0. The molecule has 0 saturated carbocycles. The van der Waals surface area contributed by atoms with Gasteiger partial charge in [0.2, 0.25) is 0 Å². The van der Waals surface area contributed by atoms with E-state index in [1.54, 1.807) is 0 Å². The molecule has 1 rings (SSSR count). The molecule has 0 aromatic heterocycles. The normalized spacial score (nSPS) is 33.5. The van der Waals surface area contributed by atoms with E-state index in [1.165, 1.54) is 50.7 Å². The standard InChI is InChI=1S/C11H22S/c1-3-11(2)9-7-5-4-6-8-10-12-11/h3-10H2,1-2H3. The van der Waals surface area contributed by atoms with E-state index in [4.69, 9.17) is 0 Å². The van der Waals surface area contributed by atoms with Crippen LogP contribution in [0.3, 0.4) is 0 Å². The van der Waals surface area contributed by atoms with E-state index in [0.29, 0.717) is 4.75 Å². The summed E-state index contributed by atoms with van der Waals surface area (Å²) in [5, 5.41) is 0. The van der Waals surface area contributed by atoms with Crippen LogP contribution >= 0.6 is 11.8 Å². The van der Waals surface area contributed by atoms with Gasteiger partial charge >= 0.3 is 0 Å². The minimum atomic E-state index is 0.602. The summed E-state index contributed by atoms with van der Waals surface area (Å²) < 4.78 is 0.602. The Labute approximate surface area is 81.5 Å². The van der Waals surface area contributed by atoms with E-state index < -0.39 is 0 Å². The molecule has 0 N–H and O–H groups in total. The first kappa shape index (κ1) is 10.4. The molecule has 0 bridgehead atoms. The summed E-state index contributed by atoms with van der Waals surface area (Å²) in [5.74, 6) is 1.39. The van der Waals surface area contributed by atoms with Crippen LogP contribution in [0.4, 0.5) is 0 Å². The molecule has 1 atom stereocenters. The highest BCUT2D eigenvalue weighted by atomic mass is 32.2. The molecule has 0 aromatic rings. The molecule has 72 valence electrons. The summed E-state index contributed by atoms with van der Waals surface area (Å²) in [7, 11) is 0. The molecule has 0 amide bonds. The fraction of sp³-hybridized carbons (Fsp3) is 1.00. The Morgan fingerprint density at radius 1 is 1.08 bits per heavy atom. The summed E-state index contributed by atoms with van der Waals surface area (Å²) in [6.45, 7) is 4.79. The Hall–Kier alpha value is 0.350. The predicted octanol–water partition coefficient (Wildman–Crippen LogP) is 4.24. The minimum absolute atomic E-state index is 0.602. The molecule has 1 fully saturated rings. The van der Waals surface area contributed by atoms with Crippen molar-refractivity contribution >= 4 is 11.8 Å². The van der Waals surface area contributed by atoms with Gasteiger partial charge in [0.15, 0.2) is 0 Å². The van der Waals surface area contributed by atoms with E-state index in [2.05, 4.69) is 25.6 Å². The van der Waals surface area contributed by atoms with Gasteiger partial charge in [-0.15, -0.1) is 0 Å². The lowest BCUT2D eigenvalue weighted by Crippen LogP contribution is -2.18. The molecule has 1 saturated heterocycles. The molecule has 1 heterocycles. The van der Waals surface area contributed by atoms with Gasteiger partial charge < -0.3 is 0 Å². The first-order valence-corrected chi connectivity index (χ1v) is 6.39. The second-order valence-corrected chi connectivity index (χ2v) is 5.85. The lowest BCUT2D eigenvalue weighted by molar-refractivity contribution is 0.520. The van der Waals surface area contributed by atoms with Gasteiger partial charge in [0.05, 0.1) is 0 Å². The van der Waals surface area contributed by atoms with E-state index in [1.807, 2.05) is 0 Å². The molecule has 1 aliphatic heterocycles. The first-order chi connectivity index (χ1) is 5.77. The van der Waals surface area contributed by atoms with Gasteiger partial charge in [-0.05, 0) is 25.0 Å². The summed E-state index contributed by atoms with van der Waals surface area (Å²) >= 11 is 2.21. The highest BCUT2D eigenvalue weighted by Gasteiger charge is 2.22. The van der Waals surface area contributed by atoms with Gasteiger partial charge in [-0.25, -0.2) is 0 Å². The van der Waals surface area contributed by atoms with Crippen molar-refractivity contribution in [2.24, 2.45) is 0 Å². The third-order valence-electron chi connectivity index (χ3n) is 3.05. The SMILES string of the molecule is CCC1(C)CCCCCCCS1. The van der Waals surface area contributed by atoms with Gasteiger partial charge in [-0.1, -0.05) is 39.5 Å². The first-order valence-electron chi connectivity index (χ1n) is 5.41. The van der Waals surface area contributed by atoms with E-state index >= 15 is 0 Å². The van der Waals surface area contributed by atoms with Crippen molar-refractivity contribution in [2.75, 3.05) is 5.75 Å². The lowest BCUT2D eigenvalue weighted by Gasteiger charge is -2.26. The van der Waals surface area contributed by atoms with Crippen LogP contribution < -0.4 is 0 Å². The number of thioether (sulfide) groups is 1. The molecule has 0 aliphatic carbocycles. The van der Waals surface area contributed by atoms with E-state index in [-0.39, 0.29) is 0 Å². The maximum absolute atomic E-state index is 2.45. The summed E-state index contributed by atoms with van der Waals surface area (Å²) in [6, 6.07) is 0. The second kappa shape index (κ2) is 5.16. The zero-order chi connectivity index (χ0) is 8.86. The van der Waals surface area contributed by atoms with Crippen molar-refractivity contribution in [3.8, 4) is 0 Å². The van der Waals surface area contributed by atoms with Crippen LogP contribution in [0.15, 0.2) is 0 Å². The molecule has 1 unspecified atom stereocenters. The average molecular weight is 186 g/mol. The maximum Gasteiger partial charge on any atom is 0.0129 e. The van der Waals surface area contributed by atoms with Gasteiger partial charge in [0.25, 0.3) is 0 Å². The molecule has 0 nitrogen and oxygen atoms in total. The minimum Gasteiger partial charge on any atom is -0.155 e. The molecule has 0 aromatic carbocycles. The Balaban J connectivity index is 2.38. The highest BCUT2D eigenvalue weighted by molar-refractivity contribution is 8.00. The van der Waals surface area contributed by atoms with Crippen LogP contribution in [0.1, 0.15) is 58.8 Å². The van der Waals surface area contributed by atoms with Crippen LogP contribution in [0, 0.1) is 0 Å². The molecular formula is C11H22S. The van der Waals surface area contributed by atoms with Crippen LogP contribution in [-0.4, -0.2) is 10.5 Å². The third kappa shape index (κ3) is 3.38. The number of hydrogen-bond acceptors (Lipinski definition) is 1. The van der Waals surface area contributed by atoms with Crippen molar-refractivity contribution in [1.29, 1.82) is 0 Å². The van der Waals surface area contributed by atoms with Crippen molar-refractivity contribution in [3.05, 3.63) is 0 Å². The Morgan fingerprint density at radius 3 is 2.50 bits per heavy atom. The van der Waals surface area contributed by atoms with Crippen LogP contribution in [0.2, 0.25) is 0 Å². The van der Waals surface area contributed by atoms with Gasteiger partial charge in [-0.3, -0.25) is 0 Å². The van der Waals surface area contributed by atoms with Crippen LogP contribution in [0.25, 0.3) is 0 Å². The lowest BCUT2D eigenvalue weighted by atomic mass is 9.99. The van der Waals surface area contributed by atoms with Crippen LogP contribution in [-0.2, 0) is 0 Å². The molecule has 1 heteroatoms. The van der Waals surface area contributed by atoms with Crippen molar-refractivity contribution in [1.82, 2.24) is 0 Å². The second-order valence-electron chi connectivity index (χ2n) is 4.17. The van der Waals surface area contributed by atoms with E-state index in [9.17, 15) is 0 Å². The molecule has 12 heavy (non-hydrogen) atoms. The monoisotopic (exact) mass is 186 g/mol. The highest BCUT2D eigenvalue weighted by Crippen LogP contribution is 2.35. The van der Waals surface area contributed by atoms with Gasteiger partial charge in [-0.2, -0.15) is 11.8 Å². The number of rotatable bonds is 1. The van der Waals surface area contributed by atoms with Gasteiger partial charge in [0.1, 0.15) is 0 Å². The molecule has 1 aliphatic rings. The zero-order valence-corrected chi connectivity index (χ0v) is 9.38.